The lowest BCUT2D eigenvalue weighted by Gasteiger charge is -2.36. The lowest BCUT2D eigenvalue weighted by atomic mass is 10.00. The fraction of sp³-hybridized carbons (Fsp3) is 0.818. The number of amides is 2. The lowest BCUT2D eigenvalue weighted by molar-refractivity contribution is -0.150. The highest BCUT2D eigenvalue weighted by Gasteiger charge is 2.44. The highest BCUT2D eigenvalue weighted by Crippen LogP contribution is 2.35. The van der Waals surface area contributed by atoms with Gasteiger partial charge in [-0.3, -0.25) is 9.59 Å². The Bertz CT molecular complexity index is 307. The Balaban J connectivity index is 1.98. The summed E-state index contributed by atoms with van der Waals surface area (Å²) in [5, 5.41) is 12.1. The second kappa shape index (κ2) is 5.01. The van der Waals surface area contributed by atoms with E-state index in [1.807, 2.05) is 0 Å². The molecule has 6 nitrogen and oxygen atoms in total. The molecule has 2 saturated heterocycles. The monoisotopic (exact) mass is 241 g/mol. The molecule has 4 N–H and O–H groups in total. The molecule has 0 aromatic heterocycles. The van der Waals surface area contributed by atoms with Crippen molar-refractivity contribution < 1.29 is 14.7 Å². The number of fused-ring (bicyclic) bond motifs is 2. The third-order valence-corrected chi connectivity index (χ3v) is 3.57. The van der Waals surface area contributed by atoms with Crippen molar-refractivity contribution in [2.75, 3.05) is 13.1 Å². The summed E-state index contributed by atoms with van der Waals surface area (Å²) in [5.74, 6) is -1.05. The number of nitrogens with one attached hydrogen (secondary N) is 1. The van der Waals surface area contributed by atoms with Crippen molar-refractivity contribution in [2.24, 2.45) is 5.73 Å². The number of hydrogen-bond acceptors (Lipinski definition) is 4. The van der Waals surface area contributed by atoms with Gasteiger partial charge in [0.25, 0.3) is 0 Å². The minimum Gasteiger partial charge on any atom is -0.393 e. The molecule has 2 aliphatic heterocycles. The van der Waals surface area contributed by atoms with Crippen LogP contribution in [0.1, 0.15) is 25.7 Å². The van der Waals surface area contributed by atoms with Crippen LogP contribution >= 0.6 is 0 Å². The Labute approximate surface area is 100 Å². The first kappa shape index (κ1) is 12.3. The number of rotatable bonds is 2. The number of carbonyl (C=O) groups is 2. The Morgan fingerprint density at radius 3 is 2.41 bits per heavy atom. The smallest absolute Gasteiger partial charge is 0.312 e. The average Bonchev–Trinajstić information content (AvgIpc) is 2.57. The van der Waals surface area contributed by atoms with Gasteiger partial charge >= 0.3 is 11.8 Å². The summed E-state index contributed by atoms with van der Waals surface area (Å²) in [5.41, 5.74) is 5.27. The van der Waals surface area contributed by atoms with Crippen LogP contribution in [0.2, 0.25) is 0 Å². The molecule has 0 aliphatic carbocycles. The zero-order valence-electron chi connectivity index (χ0n) is 9.76. The molecule has 6 heteroatoms. The fourth-order valence-electron chi connectivity index (χ4n) is 2.86. The van der Waals surface area contributed by atoms with E-state index in [1.165, 1.54) is 0 Å². The maximum Gasteiger partial charge on any atom is 0.312 e. The first-order valence-electron chi connectivity index (χ1n) is 6.12. The van der Waals surface area contributed by atoms with Crippen molar-refractivity contribution in [3.8, 4) is 0 Å². The van der Waals surface area contributed by atoms with E-state index in [-0.39, 0.29) is 18.2 Å². The summed E-state index contributed by atoms with van der Waals surface area (Å²) < 4.78 is 0. The van der Waals surface area contributed by atoms with Crippen LogP contribution in [-0.4, -0.2) is 53.1 Å². The minimum absolute atomic E-state index is 0.0277. The standard InChI is InChI=1S/C11H19N3O3/c12-3-4-13-10(16)11(17)14-7-1-2-8(14)6-9(15)5-7/h7-9,15H,1-6,12H2,(H,13,16). The predicted molar refractivity (Wildman–Crippen MR) is 61.0 cm³/mol. The number of nitrogens with two attached hydrogens (primary N) is 1. The molecule has 0 aromatic carbocycles. The molecule has 2 amide bonds. The maximum atomic E-state index is 12.0. The summed E-state index contributed by atoms with van der Waals surface area (Å²) in [6.45, 7) is 0.640. The second-order valence-corrected chi connectivity index (χ2v) is 4.77. The topological polar surface area (TPSA) is 95.7 Å². The van der Waals surface area contributed by atoms with Crippen molar-refractivity contribution in [3.63, 3.8) is 0 Å². The molecule has 2 bridgehead atoms. The Morgan fingerprint density at radius 2 is 1.88 bits per heavy atom. The van der Waals surface area contributed by atoms with Crippen LogP contribution in [0.4, 0.5) is 0 Å². The molecule has 2 rings (SSSR count). The molecule has 2 aliphatic rings. The van der Waals surface area contributed by atoms with Gasteiger partial charge in [0.05, 0.1) is 6.10 Å². The highest BCUT2D eigenvalue weighted by molar-refractivity contribution is 6.35. The molecular formula is C11H19N3O3. The SMILES string of the molecule is NCCNC(=O)C(=O)N1C2CCC1CC(O)C2. The normalized spacial score (nSPS) is 31.4. The maximum absolute atomic E-state index is 12.0. The van der Waals surface area contributed by atoms with Gasteiger partial charge in [0.2, 0.25) is 0 Å². The van der Waals surface area contributed by atoms with Crippen LogP contribution in [-0.2, 0) is 9.59 Å². The van der Waals surface area contributed by atoms with Crippen LogP contribution in [0.15, 0.2) is 0 Å². The molecule has 96 valence electrons. The van der Waals surface area contributed by atoms with E-state index in [0.717, 1.165) is 12.8 Å². The molecule has 2 heterocycles. The minimum atomic E-state index is -0.580. The van der Waals surface area contributed by atoms with Crippen LogP contribution in [0.3, 0.4) is 0 Å². The van der Waals surface area contributed by atoms with Gasteiger partial charge in [0.1, 0.15) is 0 Å². The van der Waals surface area contributed by atoms with Crippen molar-refractivity contribution in [3.05, 3.63) is 0 Å². The molecule has 0 radical (unpaired) electrons. The van der Waals surface area contributed by atoms with Crippen LogP contribution < -0.4 is 11.1 Å². The van der Waals surface area contributed by atoms with Gasteiger partial charge in [-0.05, 0) is 25.7 Å². The molecule has 0 spiro atoms. The van der Waals surface area contributed by atoms with Crippen molar-refractivity contribution in [1.82, 2.24) is 10.2 Å². The van der Waals surface area contributed by atoms with Crippen molar-refractivity contribution in [1.29, 1.82) is 0 Å². The molecule has 0 saturated carbocycles. The van der Waals surface area contributed by atoms with E-state index in [4.69, 9.17) is 5.73 Å². The van der Waals surface area contributed by atoms with E-state index in [2.05, 4.69) is 5.32 Å². The molecular weight excluding hydrogens is 222 g/mol. The fourth-order valence-corrected chi connectivity index (χ4v) is 2.86. The Hall–Kier alpha value is -1.14. The molecule has 2 fully saturated rings. The van der Waals surface area contributed by atoms with Gasteiger partial charge in [-0.2, -0.15) is 0 Å². The first-order chi connectivity index (χ1) is 8.13. The number of carbonyl (C=O) groups excluding carboxylic acids is 2. The molecule has 2 unspecified atom stereocenters. The number of nitrogens with zero attached hydrogens (tertiary/aromatic N) is 1. The van der Waals surface area contributed by atoms with Gasteiger partial charge in [-0.15, -0.1) is 0 Å². The third-order valence-electron chi connectivity index (χ3n) is 3.57. The van der Waals surface area contributed by atoms with E-state index in [9.17, 15) is 14.7 Å². The largest absolute Gasteiger partial charge is 0.393 e. The highest BCUT2D eigenvalue weighted by atomic mass is 16.3. The predicted octanol–water partition coefficient (Wildman–Crippen LogP) is -1.42. The van der Waals surface area contributed by atoms with Gasteiger partial charge in [-0.25, -0.2) is 0 Å². The molecule has 0 aromatic rings. The van der Waals surface area contributed by atoms with Gasteiger partial charge in [0, 0.05) is 25.2 Å². The Kier molecular flexibility index (Phi) is 3.63. The summed E-state index contributed by atoms with van der Waals surface area (Å²) in [6.07, 6.45) is 2.62. The quantitative estimate of drug-likeness (QED) is 0.517. The van der Waals surface area contributed by atoms with E-state index >= 15 is 0 Å². The van der Waals surface area contributed by atoms with E-state index in [1.54, 1.807) is 4.90 Å². The second-order valence-electron chi connectivity index (χ2n) is 4.77. The van der Waals surface area contributed by atoms with Crippen LogP contribution in [0, 0.1) is 0 Å². The summed E-state index contributed by atoms with van der Waals surface area (Å²) >= 11 is 0. The van der Waals surface area contributed by atoms with Crippen LogP contribution in [0.25, 0.3) is 0 Å². The van der Waals surface area contributed by atoms with Gasteiger partial charge in [0.15, 0.2) is 0 Å². The zero-order chi connectivity index (χ0) is 12.4. The Morgan fingerprint density at radius 1 is 1.29 bits per heavy atom. The molecule has 2 atom stereocenters. The average molecular weight is 241 g/mol. The first-order valence-corrected chi connectivity index (χ1v) is 6.12. The number of aliphatic hydroxyl groups is 1. The van der Waals surface area contributed by atoms with E-state index < -0.39 is 11.8 Å². The summed E-state index contributed by atoms with van der Waals surface area (Å²) in [4.78, 5) is 25.2. The summed E-state index contributed by atoms with van der Waals surface area (Å²) in [6, 6.07) is 0.0553. The van der Waals surface area contributed by atoms with Crippen molar-refractivity contribution >= 4 is 11.8 Å². The number of piperidine rings is 1. The third kappa shape index (κ3) is 2.42. The number of aliphatic hydroxyl groups excluding tert-OH is 1. The van der Waals surface area contributed by atoms with Crippen LogP contribution in [0.5, 0.6) is 0 Å². The summed E-state index contributed by atoms with van der Waals surface area (Å²) in [7, 11) is 0. The zero-order valence-corrected chi connectivity index (χ0v) is 9.76. The number of hydrogen-bond donors (Lipinski definition) is 3. The molecule has 17 heavy (non-hydrogen) atoms. The van der Waals surface area contributed by atoms with Gasteiger partial charge in [-0.1, -0.05) is 0 Å². The van der Waals surface area contributed by atoms with Gasteiger partial charge < -0.3 is 21.1 Å². The van der Waals surface area contributed by atoms with E-state index in [0.29, 0.717) is 25.9 Å². The van der Waals surface area contributed by atoms with Crippen molar-refractivity contribution in [2.45, 2.75) is 43.9 Å². The lowest BCUT2D eigenvalue weighted by Crippen LogP contribution is -2.53.